The summed E-state index contributed by atoms with van der Waals surface area (Å²) in [5.74, 6) is -1.11. The Hall–Kier alpha value is -2.79. The monoisotopic (exact) mass is 474 g/mol. The Morgan fingerprint density at radius 2 is 1.75 bits per heavy atom. The number of carbonyl (C=O) groups excluding carboxylic acids is 1. The molecule has 3 N–H and O–H groups in total. The normalized spacial score (nSPS) is 13.0. The highest BCUT2D eigenvalue weighted by atomic mass is 32.2. The molecule has 0 spiro atoms. The van der Waals surface area contributed by atoms with Gasteiger partial charge in [0.25, 0.3) is 15.9 Å². The van der Waals surface area contributed by atoms with E-state index in [-0.39, 0.29) is 40.1 Å². The van der Waals surface area contributed by atoms with Crippen LogP contribution in [0.1, 0.15) is 31.9 Å². The van der Waals surface area contributed by atoms with Gasteiger partial charge >= 0.3 is 6.18 Å². The van der Waals surface area contributed by atoms with E-state index in [1.807, 2.05) is 0 Å². The van der Waals surface area contributed by atoms with Gasteiger partial charge in [0.1, 0.15) is 16.7 Å². The van der Waals surface area contributed by atoms with Crippen LogP contribution >= 0.6 is 0 Å². The summed E-state index contributed by atoms with van der Waals surface area (Å²) in [7, 11) is -4.32. The van der Waals surface area contributed by atoms with Gasteiger partial charge in [-0.15, -0.1) is 0 Å². The van der Waals surface area contributed by atoms with Crippen molar-refractivity contribution < 1.29 is 36.2 Å². The van der Waals surface area contributed by atoms with Crippen molar-refractivity contribution in [3.63, 3.8) is 0 Å². The van der Waals surface area contributed by atoms with Gasteiger partial charge in [0.2, 0.25) is 0 Å². The Morgan fingerprint density at radius 1 is 1.12 bits per heavy atom. The molecule has 1 atom stereocenters. The fourth-order valence-electron chi connectivity index (χ4n) is 2.80. The van der Waals surface area contributed by atoms with E-state index in [1.54, 1.807) is 20.8 Å². The lowest BCUT2D eigenvalue weighted by molar-refractivity contribution is -0.138. The molecule has 2 aromatic rings. The van der Waals surface area contributed by atoms with Gasteiger partial charge in [-0.2, -0.15) is 13.2 Å². The molecule has 0 aromatic heterocycles. The molecule has 0 fully saturated rings. The summed E-state index contributed by atoms with van der Waals surface area (Å²) in [6.07, 6.45) is -5.90. The topological polar surface area (TPSA) is 105 Å². The van der Waals surface area contributed by atoms with Crippen LogP contribution in [-0.2, 0) is 21.0 Å². The number of ether oxygens (including phenoxy) is 1. The molecule has 2 aromatic carbocycles. The molecule has 0 unspecified atom stereocenters. The first kappa shape index (κ1) is 25.5. The minimum absolute atomic E-state index is 0.0425. The first-order valence-electron chi connectivity index (χ1n) is 9.72. The summed E-state index contributed by atoms with van der Waals surface area (Å²) in [5, 5.41) is 12.3. The van der Waals surface area contributed by atoms with E-state index >= 15 is 0 Å². The van der Waals surface area contributed by atoms with Gasteiger partial charge in [0, 0.05) is 17.4 Å². The second kappa shape index (κ2) is 9.78. The highest BCUT2D eigenvalue weighted by molar-refractivity contribution is 7.92. The number of anilines is 2. The lowest BCUT2D eigenvalue weighted by atomic mass is 10.1. The van der Waals surface area contributed by atoms with E-state index in [0.29, 0.717) is 0 Å². The van der Waals surface area contributed by atoms with Crippen molar-refractivity contribution in [1.29, 1.82) is 0 Å². The molecule has 0 saturated carbocycles. The largest absolute Gasteiger partial charge is 0.492 e. The number of aliphatic hydroxyl groups excluding tert-OH is 1. The number of halogens is 3. The van der Waals surface area contributed by atoms with Crippen LogP contribution in [0, 0.1) is 12.8 Å². The average molecular weight is 475 g/mol. The Labute approximate surface area is 184 Å². The van der Waals surface area contributed by atoms with Crippen LogP contribution < -0.4 is 14.8 Å². The van der Waals surface area contributed by atoms with Crippen molar-refractivity contribution in [2.75, 3.05) is 16.6 Å². The zero-order chi connectivity index (χ0) is 24.3. The number of hydrogen-bond acceptors (Lipinski definition) is 5. The molecule has 0 aliphatic heterocycles. The minimum atomic E-state index is -4.64. The standard InChI is InChI=1S/C21H25F3N2O5S/c1-5-31-17-11-14(25-20(28)19(27)12(2)3)8-9-18(17)32(29,30)26-15-7-6-13(4)16(10-15)21(22,23)24/h6-12,19,26-27H,5H2,1-4H3,(H,25,28)/t19-/m0/s1. The molecule has 2 rings (SSSR count). The molecule has 7 nitrogen and oxygen atoms in total. The zero-order valence-corrected chi connectivity index (χ0v) is 18.8. The summed E-state index contributed by atoms with van der Waals surface area (Å²) >= 11 is 0. The van der Waals surface area contributed by atoms with Crippen LogP contribution in [0.3, 0.4) is 0 Å². The minimum Gasteiger partial charge on any atom is -0.492 e. The molecule has 0 saturated heterocycles. The first-order valence-corrected chi connectivity index (χ1v) is 11.2. The summed E-state index contributed by atoms with van der Waals surface area (Å²) in [6.45, 7) is 6.31. The van der Waals surface area contributed by atoms with Gasteiger partial charge in [0.15, 0.2) is 0 Å². The Kier molecular flexibility index (Phi) is 7.79. The van der Waals surface area contributed by atoms with Crippen LogP contribution in [-0.4, -0.2) is 32.1 Å². The molecule has 0 aliphatic carbocycles. The Bertz CT molecular complexity index is 1090. The second-order valence-corrected chi connectivity index (χ2v) is 9.06. The number of aliphatic hydroxyl groups is 1. The molecule has 11 heteroatoms. The number of nitrogens with one attached hydrogen (secondary N) is 2. The predicted molar refractivity (Wildman–Crippen MR) is 114 cm³/mol. The number of rotatable bonds is 8. The molecule has 0 aliphatic rings. The van der Waals surface area contributed by atoms with Crippen LogP contribution in [0.2, 0.25) is 0 Å². The smallest absolute Gasteiger partial charge is 0.416 e. The van der Waals surface area contributed by atoms with Gasteiger partial charge in [0.05, 0.1) is 12.2 Å². The summed E-state index contributed by atoms with van der Waals surface area (Å²) in [6, 6.07) is 6.82. The Morgan fingerprint density at radius 3 is 2.31 bits per heavy atom. The van der Waals surface area contributed by atoms with Crippen molar-refractivity contribution in [2.45, 2.75) is 44.9 Å². The fraction of sp³-hybridized carbons (Fsp3) is 0.381. The third kappa shape index (κ3) is 6.13. The van der Waals surface area contributed by atoms with Gasteiger partial charge < -0.3 is 15.2 Å². The van der Waals surface area contributed by atoms with Crippen LogP contribution in [0.25, 0.3) is 0 Å². The highest BCUT2D eigenvalue weighted by Crippen LogP contribution is 2.35. The molecule has 1 amide bonds. The van der Waals surface area contributed by atoms with Gasteiger partial charge in [-0.05, 0) is 49.6 Å². The number of amides is 1. The number of hydrogen-bond donors (Lipinski definition) is 3. The molecule has 0 bridgehead atoms. The maximum absolute atomic E-state index is 13.2. The summed E-state index contributed by atoms with van der Waals surface area (Å²) < 4.78 is 72.7. The second-order valence-electron chi connectivity index (χ2n) is 7.41. The van der Waals surface area contributed by atoms with Crippen LogP contribution in [0.15, 0.2) is 41.3 Å². The van der Waals surface area contributed by atoms with Crippen molar-refractivity contribution in [1.82, 2.24) is 0 Å². The fourth-order valence-corrected chi connectivity index (χ4v) is 3.97. The predicted octanol–water partition coefficient (Wildman–Crippen LogP) is 4.17. The van der Waals surface area contributed by atoms with Gasteiger partial charge in [-0.25, -0.2) is 8.42 Å². The molecular formula is C21H25F3N2O5S. The van der Waals surface area contributed by atoms with E-state index < -0.39 is 33.8 Å². The lowest BCUT2D eigenvalue weighted by Gasteiger charge is -2.17. The van der Waals surface area contributed by atoms with E-state index in [0.717, 1.165) is 12.1 Å². The number of benzene rings is 2. The van der Waals surface area contributed by atoms with Crippen LogP contribution in [0.4, 0.5) is 24.5 Å². The molecular weight excluding hydrogens is 449 g/mol. The Balaban J connectivity index is 2.38. The van der Waals surface area contributed by atoms with Crippen molar-refractivity contribution >= 4 is 27.3 Å². The third-order valence-electron chi connectivity index (χ3n) is 4.50. The molecule has 0 radical (unpaired) electrons. The number of aryl methyl sites for hydroxylation is 1. The highest BCUT2D eigenvalue weighted by Gasteiger charge is 2.33. The summed E-state index contributed by atoms with van der Waals surface area (Å²) in [5.41, 5.74) is -1.07. The van der Waals surface area contributed by atoms with E-state index in [4.69, 9.17) is 4.74 Å². The molecule has 32 heavy (non-hydrogen) atoms. The SMILES string of the molecule is CCOc1cc(NC(=O)[C@@H](O)C(C)C)ccc1S(=O)(=O)Nc1ccc(C)c(C(F)(F)F)c1. The van der Waals surface area contributed by atoms with Crippen LogP contribution in [0.5, 0.6) is 5.75 Å². The first-order chi connectivity index (χ1) is 14.8. The quantitative estimate of drug-likeness (QED) is 0.533. The third-order valence-corrected chi connectivity index (χ3v) is 5.92. The molecule has 176 valence electrons. The van der Waals surface area contributed by atoms with E-state index in [2.05, 4.69) is 10.0 Å². The summed E-state index contributed by atoms with van der Waals surface area (Å²) in [4.78, 5) is 11.7. The number of sulfonamides is 1. The van der Waals surface area contributed by atoms with Crippen molar-refractivity contribution in [3.05, 3.63) is 47.5 Å². The molecule has 0 heterocycles. The van der Waals surface area contributed by atoms with Gasteiger partial charge in [-0.3, -0.25) is 9.52 Å². The van der Waals surface area contributed by atoms with E-state index in [9.17, 15) is 31.5 Å². The van der Waals surface area contributed by atoms with Crippen molar-refractivity contribution in [3.8, 4) is 5.75 Å². The zero-order valence-electron chi connectivity index (χ0n) is 17.9. The maximum atomic E-state index is 13.2. The van der Waals surface area contributed by atoms with E-state index in [1.165, 1.54) is 31.2 Å². The van der Waals surface area contributed by atoms with Crippen molar-refractivity contribution in [2.24, 2.45) is 5.92 Å². The maximum Gasteiger partial charge on any atom is 0.416 e. The number of alkyl halides is 3. The number of carbonyl (C=O) groups is 1. The lowest BCUT2D eigenvalue weighted by Crippen LogP contribution is -2.31. The van der Waals surface area contributed by atoms with Gasteiger partial charge in [-0.1, -0.05) is 19.9 Å². The average Bonchev–Trinajstić information content (AvgIpc) is 2.68.